The van der Waals surface area contributed by atoms with Crippen molar-refractivity contribution < 1.29 is 5.11 Å². The van der Waals surface area contributed by atoms with Crippen molar-refractivity contribution in [3.8, 4) is 0 Å². The van der Waals surface area contributed by atoms with Crippen LogP contribution in [0.2, 0.25) is 0 Å². The number of nitrogens with one attached hydrogen (secondary N) is 1. The highest BCUT2D eigenvalue weighted by atomic mass is 35.5. The van der Waals surface area contributed by atoms with E-state index in [0.717, 1.165) is 32.2 Å². The van der Waals surface area contributed by atoms with E-state index >= 15 is 0 Å². The Balaban J connectivity index is 2.29. The van der Waals surface area contributed by atoms with E-state index < -0.39 is 5.60 Å². The molecule has 88 valence electrons. The van der Waals surface area contributed by atoms with Crippen LogP contribution in [-0.2, 0) is 0 Å². The lowest BCUT2D eigenvalue weighted by atomic mass is 9.71. The SMILES string of the molecule is CC1(C)CCC(O)(CNC/C=C/Cl)CC1. The van der Waals surface area contributed by atoms with Gasteiger partial charge in [-0.25, -0.2) is 0 Å². The van der Waals surface area contributed by atoms with Crippen LogP contribution in [0.25, 0.3) is 0 Å². The molecule has 0 heterocycles. The third kappa shape index (κ3) is 4.54. The zero-order valence-corrected chi connectivity index (χ0v) is 10.5. The van der Waals surface area contributed by atoms with E-state index in [0.29, 0.717) is 12.0 Å². The molecule has 15 heavy (non-hydrogen) atoms. The molecule has 0 unspecified atom stereocenters. The van der Waals surface area contributed by atoms with Crippen LogP contribution in [-0.4, -0.2) is 23.8 Å². The van der Waals surface area contributed by atoms with Gasteiger partial charge in [0, 0.05) is 18.6 Å². The van der Waals surface area contributed by atoms with E-state index in [1.807, 2.05) is 6.08 Å². The zero-order valence-electron chi connectivity index (χ0n) is 9.72. The maximum atomic E-state index is 10.3. The van der Waals surface area contributed by atoms with Gasteiger partial charge < -0.3 is 10.4 Å². The quantitative estimate of drug-likeness (QED) is 0.730. The molecule has 2 nitrogen and oxygen atoms in total. The second-order valence-corrected chi connectivity index (χ2v) is 5.63. The van der Waals surface area contributed by atoms with Crippen LogP contribution in [0.5, 0.6) is 0 Å². The van der Waals surface area contributed by atoms with E-state index in [4.69, 9.17) is 11.6 Å². The molecule has 0 amide bonds. The number of rotatable bonds is 4. The van der Waals surface area contributed by atoms with Crippen molar-refractivity contribution in [2.24, 2.45) is 5.41 Å². The van der Waals surface area contributed by atoms with E-state index in [9.17, 15) is 5.11 Å². The molecular formula is C12H22ClNO. The maximum absolute atomic E-state index is 10.3. The van der Waals surface area contributed by atoms with Crippen molar-refractivity contribution in [3.05, 3.63) is 11.6 Å². The predicted octanol–water partition coefficient (Wildman–Crippen LogP) is 2.66. The Morgan fingerprint density at radius 3 is 2.40 bits per heavy atom. The van der Waals surface area contributed by atoms with Gasteiger partial charge in [0.05, 0.1) is 5.60 Å². The average molecular weight is 232 g/mol. The highest BCUT2D eigenvalue weighted by Crippen LogP contribution is 2.39. The van der Waals surface area contributed by atoms with Gasteiger partial charge in [0.15, 0.2) is 0 Å². The Morgan fingerprint density at radius 1 is 1.27 bits per heavy atom. The smallest absolute Gasteiger partial charge is 0.0772 e. The van der Waals surface area contributed by atoms with Crippen molar-refractivity contribution >= 4 is 11.6 Å². The molecule has 0 aromatic heterocycles. The first-order chi connectivity index (χ1) is 6.97. The molecular weight excluding hydrogens is 210 g/mol. The standard InChI is InChI=1S/C12H22ClNO/c1-11(2)4-6-12(15,7-5-11)10-14-9-3-8-13/h3,8,14-15H,4-7,9-10H2,1-2H3/b8-3+. The molecule has 0 atom stereocenters. The summed E-state index contributed by atoms with van der Waals surface area (Å²) in [5.74, 6) is 0. The summed E-state index contributed by atoms with van der Waals surface area (Å²) in [7, 11) is 0. The van der Waals surface area contributed by atoms with Crippen LogP contribution in [0.3, 0.4) is 0 Å². The van der Waals surface area contributed by atoms with Gasteiger partial charge in [-0.2, -0.15) is 0 Å². The summed E-state index contributed by atoms with van der Waals surface area (Å²) >= 11 is 5.41. The summed E-state index contributed by atoms with van der Waals surface area (Å²) in [5, 5.41) is 13.5. The summed E-state index contributed by atoms with van der Waals surface area (Å²) < 4.78 is 0. The first-order valence-corrected chi connectivity index (χ1v) is 6.09. The Labute approximate surface area is 97.7 Å². The van der Waals surface area contributed by atoms with Gasteiger partial charge in [-0.05, 0) is 31.1 Å². The van der Waals surface area contributed by atoms with Crippen LogP contribution in [0.1, 0.15) is 39.5 Å². The fraction of sp³-hybridized carbons (Fsp3) is 0.833. The van der Waals surface area contributed by atoms with Crippen molar-refractivity contribution in [1.29, 1.82) is 0 Å². The highest BCUT2D eigenvalue weighted by molar-refractivity contribution is 6.25. The Morgan fingerprint density at radius 2 is 1.87 bits per heavy atom. The van der Waals surface area contributed by atoms with Gasteiger partial charge in [0.1, 0.15) is 0 Å². The molecule has 0 bridgehead atoms. The minimum Gasteiger partial charge on any atom is -0.389 e. The number of hydrogen-bond acceptors (Lipinski definition) is 2. The third-order valence-electron chi connectivity index (χ3n) is 3.34. The molecule has 0 radical (unpaired) electrons. The molecule has 2 N–H and O–H groups in total. The Hall–Kier alpha value is -0.0500. The second kappa shape index (κ2) is 5.33. The van der Waals surface area contributed by atoms with Crippen LogP contribution < -0.4 is 5.32 Å². The van der Waals surface area contributed by atoms with Gasteiger partial charge in [0.2, 0.25) is 0 Å². The van der Waals surface area contributed by atoms with Crippen molar-refractivity contribution in [3.63, 3.8) is 0 Å². The van der Waals surface area contributed by atoms with Crippen LogP contribution in [0.4, 0.5) is 0 Å². The molecule has 0 spiro atoms. The second-order valence-electron chi connectivity index (χ2n) is 5.38. The Kier molecular flexibility index (Phi) is 4.63. The van der Waals surface area contributed by atoms with E-state index in [-0.39, 0.29) is 0 Å². The van der Waals surface area contributed by atoms with Gasteiger partial charge in [-0.15, -0.1) is 0 Å². The number of aliphatic hydroxyl groups is 1. The van der Waals surface area contributed by atoms with Gasteiger partial charge >= 0.3 is 0 Å². The van der Waals surface area contributed by atoms with Gasteiger partial charge in [0.25, 0.3) is 0 Å². The van der Waals surface area contributed by atoms with Gasteiger partial charge in [-0.1, -0.05) is 31.5 Å². The largest absolute Gasteiger partial charge is 0.389 e. The number of halogens is 1. The normalized spacial score (nSPS) is 24.5. The summed E-state index contributed by atoms with van der Waals surface area (Å²) in [6.45, 7) is 5.95. The summed E-state index contributed by atoms with van der Waals surface area (Å²) in [6, 6.07) is 0. The Bertz CT molecular complexity index is 216. The van der Waals surface area contributed by atoms with Crippen LogP contribution in [0, 0.1) is 5.41 Å². The lowest BCUT2D eigenvalue weighted by Crippen LogP contribution is -2.45. The predicted molar refractivity (Wildman–Crippen MR) is 65.1 cm³/mol. The van der Waals surface area contributed by atoms with Crippen molar-refractivity contribution in [2.75, 3.05) is 13.1 Å². The summed E-state index contributed by atoms with van der Waals surface area (Å²) in [6.07, 6.45) is 5.86. The molecule has 1 saturated carbocycles. The molecule has 1 aliphatic rings. The minimum atomic E-state index is -0.504. The molecule has 1 fully saturated rings. The van der Waals surface area contributed by atoms with Gasteiger partial charge in [-0.3, -0.25) is 0 Å². The average Bonchev–Trinajstić information content (AvgIpc) is 2.19. The van der Waals surface area contributed by atoms with Crippen LogP contribution >= 0.6 is 11.6 Å². The molecule has 1 aliphatic carbocycles. The topological polar surface area (TPSA) is 32.3 Å². The van der Waals surface area contributed by atoms with Crippen molar-refractivity contribution in [2.45, 2.75) is 45.1 Å². The minimum absolute atomic E-state index is 0.405. The first-order valence-electron chi connectivity index (χ1n) is 5.66. The monoisotopic (exact) mass is 231 g/mol. The lowest BCUT2D eigenvalue weighted by molar-refractivity contribution is -0.0236. The molecule has 0 saturated heterocycles. The van der Waals surface area contributed by atoms with E-state index in [2.05, 4.69) is 19.2 Å². The molecule has 0 aromatic carbocycles. The first kappa shape index (κ1) is 13.0. The summed E-state index contributed by atoms with van der Waals surface area (Å²) in [4.78, 5) is 0. The third-order valence-corrected chi connectivity index (χ3v) is 3.52. The fourth-order valence-electron chi connectivity index (χ4n) is 2.00. The maximum Gasteiger partial charge on any atom is 0.0772 e. The number of hydrogen-bond donors (Lipinski definition) is 2. The van der Waals surface area contributed by atoms with Crippen molar-refractivity contribution in [1.82, 2.24) is 5.32 Å². The molecule has 0 aromatic rings. The molecule has 1 rings (SSSR count). The van der Waals surface area contributed by atoms with E-state index in [1.54, 1.807) is 0 Å². The zero-order chi connectivity index (χ0) is 11.4. The highest BCUT2D eigenvalue weighted by Gasteiger charge is 2.35. The fourth-order valence-corrected chi connectivity index (χ4v) is 2.09. The molecule has 3 heteroatoms. The summed E-state index contributed by atoms with van der Waals surface area (Å²) in [5.41, 5.74) is 1.40. The lowest BCUT2D eigenvalue weighted by Gasteiger charge is -2.40. The van der Waals surface area contributed by atoms with Crippen LogP contribution in [0.15, 0.2) is 11.6 Å². The van der Waals surface area contributed by atoms with E-state index in [1.165, 1.54) is 5.54 Å². The molecule has 0 aliphatic heterocycles.